The Balaban J connectivity index is 1.99. The van der Waals surface area contributed by atoms with Crippen LogP contribution in [-0.4, -0.2) is 50.4 Å². The van der Waals surface area contributed by atoms with Crippen LogP contribution in [-0.2, 0) is 26.2 Å². The number of hydrogen-bond acceptors (Lipinski definition) is 5. The van der Waals surface area contributed by atoms with Gasteiger partial charge < -0.3 is 15.0 Å². The van der Waals surface area contributed by atoms with E-state index in [2.05, 4.69) is 5.32 Å². The van der Waals surface area contributed by atoms with Crippen LogP contribution in [0.2, 0.25) is 0 Å². The zero-order valence-corrected chi connectivity index (χ0v) is 23.3. The number of nitrogens with one attached hydrogen (secondary N) is 1. The first kappa shape index (κ1) is 29.6. The highest BCUT2D eigenvalue weighted by molar-refractivity contribution is 7.92. The van der Waals surface area contributed by atoms with Crippen LogP contribution in [0, 0.1) is 5.82 Å². The quantitative estimate of drug-likeness (QED) is 0.358. The van der Waals surface area contributed by atoms with Gasteiger partial charge in [-0.2, -0.15) is 0 Å². The van der Waals surface area contributed by atoms with Crippen molar-refractivity contribution >= 4 is 27.5 Å². The van der Waals surface area contributed by atoms with Gasteiger partial charge >= 0.3 is 0 Å². The maximum atomic E-state index is 13.8. The Morgan fingerprint density at radius 2 is 1.54 bits per heavy atom. The number of rotatable bonds is 12. The largest absolute Gasteiger partial charge is 0.494 e. The summed E-state index contributed by atoms with van der Waals surface area (Å²) in [4.78, 5) is 28.0. The van der Waals surface area contributed by atoms with Gasteiger partial charge in [0.1, 0.15) is 24.2 Å². The second-order valence-electron chi connectivity index (χ2n) is 9.24. The number of amides is 2. The fourth-order valence-corrected chi connectivity index (χ4v) is 5.31. The van der Waals surface area contributed by atoms with E-state index in [9.17, 15) is 22.4 Å². The molecule has 0 fully saturated rings. The molecule has 3 rings (SSSR count). The summed E-state index contributed by atoms with van der Waals surface area (Å²) in [6.07, 6.45) is 0. The molecule has 0 aliphatic carbocycles. The van der Waals surface area contributed by atoms with Crippen molar-refractivity contribution in [2.45, 2.75) is 51.2 Å². The summed E-state index contributed by atoms with van der Waals surface area (Å²) in [6, 6.07) is 18.7. The minimum Gasteiger partial charge on any atom is -0.494 e. The summed E-state index contributed by atoms with van der Waals surface area (Å²) >= 11 is 0. The highest BCUT2D eigenvalue weighted by atomic mass is 32.2. The highest BCUT2D eigenvalue weighted by Crippen LogP contribution is 2.26. The molecule has 0 aromatic heterocycles. The van der Waals surface area contributed by atoms with Crippen molar-refractivity contribution in [3.63, 3.8) is 0 Å². The third kappa shape index (κ3) is 7.79. The van der Waals surface area contributed by atoms with Crippen LogP contribution < -0.4 is 14.4 Å². The lowest BCUT2D eigenvalue weighted by Crippen LogP contribution is -2.52. The number of carbonyl (C=O) groups excluding carboxylic acids is 2. The molecule has 8 nitrogen and oxygen atoms in total. The van der Waals surface area contributed by atoms with Crippen LogP contribution in [0.3, 0.4) is 0 Å². The van der Waals surface area contributed by atoms with Gasteiger partial charge in [-0.1, -0.05) is 30.3 Å². The topological polar surface area (TPSA) is 96.0 Å². The van der Waals surface area contributed by atoms with Crippen molar-refractivity contribution in [1.82, 2.24) is 10.2 Å². The molecule has 1 N–H and O–H groups in total. The maximum absolute atomic E-state index is 13.8. The summed E-state index contributed by atoms with van der Waals surface area (Å²) in [5.74, 6) is -0.890. The van der Waals surface area contributed by atoms with Crippen LogP contribution in [0.5, 0.6) is 5.75 Å². The molecule has 208 valence electrons. The first-order valence-electron chi connectivity index (χ1n) is 12.7. The lowest BCUT2D eigenvalue weighted by molar-refractivity contribution is -0.139. The molecule has 0 bridgehead atoms. The van der Waals surface area contributed by atoms with E-state index in [4.69, 9.17) is 4.74 Å². The van der Waals surface area contributed by atoms with Gasteiger partial charge in [-0.15, -0.1) is 0 Å². The number of ether oxygens (including phenoxy) is 1. The summed E-state index contributed by atoms with van der Waals surface area (Å²) in [7, 11) is -4.18. The Hall–Kier alpha value is -3.92. The van der Waals surface area contributed by atoms with Crippen LogP contribution >= 0.6 is 0 Å². The van der Waals surface area contributed by atoms with Crippen molar-refractivity contribution in [2.75, 3.05) is 17.5 Å². The Morgan fingerprint density at radius 1 is 0.923 bits per heavy atom. The van der Waals surface area contributed by atoms with Crippen molar-refractivity contribution in [3.8, 4) is 5.75 Å². The van der Waals surface area contributed by atoms with Gasteiger partial charge in [0, 0.05) is 12.6 Å². The molecule has 39 heavy (non-hydrogen) atoms. The molecule has 2 amide bonds. The lowest BCUT2D eigenvalue weighted by Gasteiger charge is -2.32. The molecule has 3 aromatic carbocycles. The van der Waals surface area contributed by atoms with E-state index in [1.54, 1.807) is 63.2 Å². The van der Waals surface area contributed by atoms with E-state index in [0.29, 0.717) is 23.6 Å². The van der Waals surface area contributed by atoms with E-state index < -0.39 is 34.3 Å². The van der Waals surface area contributed by atoms with Crippen molar-refractivity contribution < 1.29 is 27.1 Å². The van der Waals surface area contributed by atoms with E-state index in [1.165, 1.54) is 41.3 Å². The summed E-state index contributed by atoms with van der Waals surface area (Å²) in [5, 5.41) is 2.79. The van der Waals surface area contributed by atoms with Gasteiger partial charge in [0.25, 0.3) is 10.0 Å². The number of sulfonamides is 1. The van der Waals surface area contributed by atoms with Gasteiger partial charge in [-0.05, 0) is 81.8 Å². The van der Waals surface area contributed by atoms with Gasteiger partial charge in [0.2, 0.25) is 11.8 Å². The number of hydrogen-bond donors (Lipinski definition) is 1. The van der Waals surface area contributed by atoms with Crippen molar-refractivity contribution in [1.29, 1.82) is 0 Å². The monoisotopic (exact) mass is 555 g/mol. The Labute approximate surface area is 229 Å². The SMILES string of the molecule is CCOc1ccc(S(=O)(=O)N(CC(=O)N(Cc2ccc(F)cc2)C(C)C(=O)NC(C)C)c2ccccc2)cc1. The molecule has 0 saturated heterocycles. The molecule has 0 spiro atoms. The Morgan fingerprint density at radius 3 is 2.10 bits per heavy atom. The number of halogens is 1. The second-order valence-corrected chi connectivity index (χ2v) is 11.1. The molecule has 1 unspecified atom stereocenters. The molecule has 0 aliphatic heterocycles. The van der Waals surface area contributed by atoms with Gasteiger partial charge in [-0.3, -0.25) is 13.9 Å². The molecule has 0 saturated carbocycles. The van der Waals surface area contributed by atoms with E-state index in [0.717, 1.165) is 4.31 Å². The third-order valence-corrected chi connectivity index (χ3v) is 7.70. The van der Waals surface area contributed by atoms with Crippen molar-refractivity contribution in [3.05, 3.63) is 90.2 Å². The first-order valence-corrected chi connectivity index (χ1v) is 14.1. The van der Waals surface area contributed by atoms with Crippen LogP contribution in [0.1, 0.15) is 33.3 Å². The average molecular weight is 556 g/mol. The summed E-state index contributed by atoms with van der Waals surface area (Å²) in [5.41, 5.74) is 0.885. The number of carbonyl (C=O) groups is 2. The number of nitrogens with zero attached hydrogens (tertiary/aromatic N) is 2. The molecular weight excluding hydrogens is 521 g/mol. The van der Waals surface area contributed by atoms with Crippen molar-refractivity contribution in [2.24, 2.45) is 0 Å². The summed E-state index contributed by atoms with van der Waals surface area (Å²) in [6.45, 7) is 6.87. The molecule has 3 aromatic rings. The number of anilines is 1. The molecule has 0 aliphatic rings. The van der Waals surface area contributed by atoms with E-state index >= 15 is 0 Å². The second kappa shape index (κ2) is 13.2. The van der Waals surface area contributed by atoms with Gasteiger partial charge in [0.15, 0.2) is 0 Å². The average Bonchev–Trinajstić information content (AvgIpc) is 2.91. The molecule has 10 heteroatoms. The van der Waals surface area contributed by atoms with Gasteiger partial charge in [0.05, 0.1) is 17.2 Å². The van der Waals surface area contributed by atoms with Crippen LogP contribution in [0.4, 0.5) is 10.1 Å². The first-order chi connectivity index (χ1) is 18.5. The highest BCUT2D eigenvalue weighted by Gasteiger charge is 2.32. The number of benzene rings is 3. The summed E-state index contributed by atoms with van der Waals surface area (Å²) < 4.78 is 47.6. The smallest absolute Gasteiger partial charge is 0.264 e. The standard InChI is InChI=1S/C29H34FN3O5S/c1-5-38-26-15-17-27(18-16-26)39(36,37)33(25-9-7-6-8-10-25)20-28(34)32(22(4)29(35)31-21(2)3)19-23-11-13-24(30)14-12-23/h6-18,21-22H,5,19-20H2,1-4H3,(H,31,35). The molecular formula is C29H34FN3O5S. The zero-order chi connectivity index (χ0) is 28.6. The predicted molar refractivity (Wildman–Crippen MR) is 148 cm³/mol. The minimum atomic E-state index is -4.18. The molecule has 0 radical (unpaired) electrons. The Bertz CT molecular complexity index is 1350. The third-order valence-electron chi connectivity index (χ3n) is 5.91. The normalized spacial score (nSPS) is 12.1. The molecule has 1 atom stereocenters. The molecule has 0 heterocycles. The van der Waals surface area contributed by atoms with E-state index in [-0.39, 0.29) is 23.4 Å². The van der Waals surface area contributed by atoms with E-state index in [1.807, 2.05) is 6.92 Å². The lowest BCUT2D eigenvalue weighted by atomic mass is 10.1. The Kier molecular flexibility index (Phi) is 10.1. The van der Waals surface area contributed by atoms with Gasteiger partial charge in [-0.25, -0.2) is 12.8 Å². The number of para-hydroxylation sites is 1. The maximum Gasteiger partial charge on any atom is 0.264 e. The van der Waals surface area contributed by atoms with Crippen LogP contribution in [0.25, 0.3) is 0 Å². The fraction of sp³-hybridized carbons (Fsp3) is 0.310. The predicted octanol–water partition coefficient (Wildman–Crippen LogP) is 4.36. The fourth-order valence-electron chi connectivity index (χ4n) is 3.90. The zero-order valence-electron chi connectivity index (χ0n) is 22.5. The minimum absolute atomic E-state index is 0.0155. The van der Waals surface area contributed by atoms with Crippen LogP contribution in [0.15, 0.2) is 83.8 Å².